The molecule has 0 aliphatic carbocycles. The molecule has 0 spiro atoms. The maximum Gasteiger partial charge on any atom is 0.193 e. The number of nitrogens with zero attached hydrogens (tertiary/aromatic N) is 2. The second kappa shape index (κ2) is 7.78. The van der Waals surface area contributed by atoms with Crippen molar-refractivity contribution in [3.8, 4) is 5.75 Å². The molecular formula is C16H25N3O. The molecule has 1 aliphatic heterocycles. The molecular weight excluding hydrogens is 250 g/mol. The minimum Gasteiger partial charge on any atom is -0.493 e. The lowest BCUT2D eigenvalue weighted by atomic mass is 10.2. The van der Waals surface area contributed by atoms with Crippen LogP contribution < -0.4 is 10.1 Å². The molecule has 1 aromatic rings. The van der Waals surface area contributed by atoms with Gasteiger partial charge in [0.1, 0.15) is 5.75 Å². The van der Waals surface area contributed by atoms with Crippen molar-refractivity contribution < 1.29 is 4.74 Å². The van der Waals surface area contributed by atoms with Gasteiger partial charge in [0, 0.05) is 26.7 Å². The maximum atomic E-state index is 5.78. The number of guanidine groups is 1. The van der Waals surface area contributed by atoms with Crippen molar-refractivity contribution >= 4 is 5.96 Å². The number of likely N-dealkylation sites (tertiary alicyclic amines) is 1. The van der Waals surface area contributed by atoms with Crippen LogP contribution in [0.1, 0.15) is 24.8 Å². The van der Waals surface area contributed by atoms with E-state index in [0.717, 1.165) is 44.4 Å². The van der Waals surface area contributed by atoms with Gasteiger partial charge in [0.05, 0.1) is 6.61 Å². The van der Waals surface area contributed by atoms with Gasteiger partial charge in [-0.05, 0) is 37.8 Å². The highest BCUT2D eigenvalue weighted by Crippen LogP contribution is 2.16. The lowest BCUT2D eigenvalue weighted by Gasteiger charge is -2.20. The Morgan fingerprint density at radius 3 is 2.75 bits per heavy atom. The summed E-state index contributed by atoms with van der Waals surface area (Å²) in [7, 11) is 1.85. The van der Waals surface area contributed by atoms with Gasteiger partial charge in [0.25, 0.3) is 0 Å². The first-order valence-electron chi connectivity index (χ1n) is 7.45. The van der Waals surface area contributed by atoms with Crippen molar-refractivity contribution in [2.45, 2.75) is 26.2 Å². The first-order chi connectivity index (χ1) is 9.81. The highest BCUT2D eigenvalue weighted by molar-refractivity contribution is 5.80. The summed E-state index contributed by atoms with van der Waals surface area (Å²) in [5.41, 5.74) is 1.19. The minimum absolute atomic E-state index is 0.731. The highest BCUT2D eigenvalue weighted by Gasteiger charge is 2.14. The molecule has 4 heteroatoms. The number of hydrogen-bond acceptors (Lipinski definition) is 2. The van der Waals surface area contributed by atoms with Gasteiger partial charge >= 0.3 is 0 Å². The Bertz CT molecular complexity index is 439. The van der Waals surface area contributed by atoms with Crippen LogP contribution in [0, 0.1) is 6.92 Å². The van der Waals surface area contributed by atoms with Crippen LogP contribution >= 0.6 is 0 Å². The van der Waals surface area contributed by atoms with Crippen molar-refractivity contribution in [3.05, 3.63) is 29.8 Å². The molecule has 1 aliphatic rings. The number of rotatable bonds is 5. The summed E-state index contributed by atoms with van der Waals surface area (Å²) < 4.78 is 5.78. The third kappa shape index (κ3) is 4.15. The van der Waals surface area contributed by atoms with Gasteiger partial charge in [-0.15, -0.1) is 0 Å². The Balaban J connectivity index is 1.65. The predicted octanol–water partition coefficient (Wildman–Crippen LogP) is 2.44. The largest absolute Gasteiger partial charge is 0.493 e. The van der Waals surface area contributed by atoms with Crippen LogP contribution in [0.3, 0.4) is 0 Å². The zero-order valence-corrected chi connectivity index (χ0v) is 12.6. The summed E-state index contributed by atoms with van der Waals surface area (Å²) in [4.78, 5) is 6.65. The average molecular weight is 275 g/mol. The molecule has 4 nitrogen and oxygen atoms in total. The van der Waals surface area contributed by atoms with Crippen LogP contribution in [0.2, 0.25) is 0 Å². The first kappa shape index (κ1) is 14.7. The molecule has 0 atom stereocenters. The number of aliphatic imine (C=N–C) groups is 1. The topological polar surface area (TPSA) is 36.9 Å². The highest BCUT2D eigenvalue weighted by atomic mass is 16.5. The van der Waals surface area contributed by atoms with Crippen LogP contribution in [0.4, 0.5) is 0 Å². The van der Waals surface area contributed by atoms with Gasteiger partial charge in [-0.1, -0.05) is 18.2 Å². The summed E-state index contributed by atoms with van der Waals surface area (Å²) in [6.07, 6.45) is 3.52. The Hall–Kier alpha value is -1.71. The van der Waals surface area contributed by atoms with Gasteiger partial charge in [-0.25, -0.2) is 0 Å². The fourth-order valence-electron chi connectivity index (χ4n) is 2.43. The molecule has 0 unspecified atom stereocenters. The van der Waals surface area contributed by atoms with E-state index >= 15 is 0 Å². The SMILES string of the molecule is CN=C(NCCCOc1ccccc1C)N1CCCC1. The third-order valence-corrected chi connectivity index (χ3v) is 3.57. The fourth-order valence-corrected chi connectivity index (χ4v) is 2.43. The van der Waals surface area contributed by atoms with Gasteiger partial charge in [-0.2, -0.15) is 0 Å². The molecule has 1 heterocycles. The Morgan fingerprint density at radius 1 is 1.30 bits per heavy atom. The van der Waals surface area contributed by atoms with E-state index in [4.69, 9.17) is 4.74 Å². The smallest absolute Gasteiger partial charge is 0.193 e. The van der Waals surface area contributed by atoms with Crippen LogP contribution in [0.15, 0.2) is 29.3 Å². The predicted molar refractivity (Wildman–Crippen MR) is 83.5 cm³/mol. The molecule has 1 N–H and O–H groups in total. The van der Waals surface area contributed by atoms with Gasteiger partial charge in [0.2, 0.25) is 0 Å². The third-order valence-electron chi connectivity index (χ3n) is 3.57. The van der Waals surface area contributed by atoms with E-state index in [1.54, 1.807) is 0 Å². The summed E-state index contributed by atoms with van der Waals surface area (Å²) in [6.45, 7) is 5.95. The summed E-state index contributed by atoms with van der Waals surface area (Å²) in [5.74, 6) is 2.01. The summed E-state index contributed by atoms with van der Waals surface area (Å²) in [5, 5.41) is 3.41. The van der Waals surface area contributed by atoms with E-state index in [1.165, 1.54) is 18.4 Å². The van der Waals surface area contributed by atoms with Gasteiger partial charge in [-0.3, -0.25) is 4.99 Å². The second-order valence-corrected chi connectivity index (χ2v) is 5.14. The van der Waals surface area contributed by atoms with Gasteiger partial charge < -0.3 is 15.0 Å². The van der Waals surface area contributed by atoms with E-state index in [-0.39, 0.29) is 0 Å². The molecule has 110 valence electrons. The van der Waals surface area contributed by atoms with E-state index < -0.39 is 0 Å². The van der Waals surface area contributed by atoms with Crippen LogP contribution in [-0.2, 0) is 0 Å². The summed E-state index contributed by atoms with van der Waals surface area (Å²) in [6, 6.07) is 8.13. The lowest BCUT2D eigenvalue weighted by molar-refractivity contribution is 0.308. The van der Waals surface area contributed by atoms with E-state index in [9.17, 15) is 0 Å². The first-order valence-corrected chi connectivity index (χ1v) is 7.45. The molecule has 0 aromatic heterocycles. The second-order valence-electron chi connectivity index (χ2n) is 5.14. The van der Waals surface area contributed by atoms with Crippen molar-refractivity contribution in [2.75, 3.05) is 33.3 Å². The molecule has 20 heavy (non-hydrogen) atoms. The number of aryl methyl sites for hydroxylation is 1. The molecule has 1 fully saturated rings. The molecule has 0 radical (unpaired) electrons. The number of hydrogen-bond donors (Lipinski definition) is 1. The summed E-state index contributed by atoms with van der Waals surface area (Å²) >= 11 is 0. The molecule has 0 bridgehead atoms. The number of nitrogens with one attached hydrogen (secondary N) is 1. The standard InChI is InChI=1S/C16H25N3O/c1-14-8-3-4-9-15(14)20-13-7-10-18-16(17-2)19-11-5-6-12-19/h3-4,8-9H,5-7,10-13H2,1-2H3,(H,17,18). The van der Waals surface area contributed by atoms with E-state index in [0.29, 0.717) is 0 Å². The Kier molecular flexibility index (Phi) is 5.71. The van der Waals surface area contributed by atoms with Crippen LogP contribution in [0.25, 0.3) is 0 Å². The maximum absolute atomic E-state index is 5.78. The molecule has 1 aromatic carbocycles. The van der Waals surface area contributed by atoms with Crippen molar-refractivity contribution in [2.24, 2.45) is 4.99 Å². The molecule has 0 amide bonds. The zero-order chi connectivity index (χ0) is 14.2. The molecule has 1 saturated heterocycles. The minimum atomic E-state index is 0.731. The van der Waals surface area contributed by atoms with E-state index in [2.05, 4.69) is 28.2 Å². The average Bonchev–Trinajstić information content (AvgIpc) is 2.98. The zero-order valence-electron chi connectivity index (χ0n) is 12.6. The van der Waals surface area contributed by atoms with E-state index in [1.807, 2.05) is 25.2 Å². The number of benzene rings is 1. The van der Waals surface area contributed by atoms with Crippen molar-refractivity contribution in [3.63, 3.8) is 0 Å². The monoisotopic (exact) mass is 275 g/mol. The lowest BCUT2D eigenvalue weighted by Crippen LogP contribution is -2.40. The number of para-hydroxylation sites is 1. The van der Waals surface area contributed by atoms with Crippen LogP contribution in [0.5, 0.6) is 5.75 Å². The van der Waals surface area contributed by atoms with Gasteiger partial charge in [0.15, 0.2) is 5.96 Å². The Morgan fingerprint density at radius 2 is 2.05 bits per heavy atom. The quantitative estimate of drug-likeness (QED) is 0.509. The molecule has 0 saturated carbocycles. The number of ether oxygens (including phenoxy) is 1. The Labute approximate surface area is 121 Å². The normalized spacial score (nSPS) is 15.5. The van der Waals surface area contributed by atoms with Crippen molar-refractivity contribution in [1.29, 1.82) is 0 Å². The molecule has 2 rings (SSSR count). The van der Waals surface area contributed by atoms with Crippen LogP contribution in [-0.4, -0.2) is 44.1 Å². The fraction of sp³-hybridized carbons (Fsp3) is 0.562. The van der Waals surface area contributed by atoms with Crippen molar-refractivity contribution in [1.82, 2.24) is 10.2 Å².